The number of rotatable bonds is 6. The molecule has 2 heterocycles. The molecule has 1 fully saturated rings. The third-order valence-corrected chi connectivity index (χ3v) is 5.89. The van der Waals surface area contributed by atoms with E-state index in [2.05, 4.69) is 10.2 Å². The van der Waals surface area contributed by atoms with Gasteiger partial charge in [-0.2, -0.15) is 0 Å². The van der Waals surface area contributed by atoms with Crippen molar-refractivity contribution >= 4 is 17.2 Å². The molecule has 3 rings (SSSR count). The largest absolute Gasteiger partial charge is 0.348 e. The van der Waals surface area contributed by atoms with Gasteiger partial charge >= 0.3 is 0 Å². The lowest BCUT2D eigenvalue weighted by atomic mass is 9.90. The molecule has 0 radical (unpaired) electrons. The van der Waals surface area contributed by atoms with Crippen LogP contribution >= 0.6 is 11.3 Å². The molecule has 3 nitrogen and oxygen atoms in total. The highest BCUT2D eigenvalue weighted by Crippen LogP contribution is 2.22. The molecular formula is C20H25FN2OS. The Balaban J connectivity index is 1.41. The Morgan fingerprint density at radius 2 is 2.12 bits per heavy atom. The number of nitrogens with one attached hydrogen (secondary N) is 1. The van der Waals surface area contributed by atoms with Gasteiger partial charge in [-0.1, -0.05) is 18.2 Å². The molecule has 1 unspecified atom stereocenters. The number of carbonyl (C=O) groups is 1. The van der Waals surface area contributed by atoms with Crippen LogP contribution in [0.4, 0.5) is 4.39 Å². The second-order valence-electron chi connectivity index (χ2n) is 6.86. The molecule has 1 saturated heterocycles. The zero-order chi connectivity index (χ0) is 17.6. The fourth-order valence-electron chi connectivity index (χ4n) is 3.44. The second-order valence-corrected chi connectivity index (χ2v) is 7.84. The van der Waals surface area contributed by atoms with Crippen LogP contribution in [0.3, 0.4) is 0 Å². The molecule has 2 aromatic rings. The maximum absolute atomic E-state index is 13.3. The van der Waals surface area contributed by atoms with Gasteiger partial charge in [0.2, 0.25) is 5.91 Å². The number of benzene rings is 1. The fourth-order valence-corrected chi connectivity index (χ4v) is 4.18. The van der Waals surface area contributed by atoms with Crippen molar-refractivity contribution in [1.82, 2.24) is 10.2 Å². The third-order valence-electron chi connectivity index (χ3n) is 4.84. The lowest BCUT2D eigenvalue weighted by Gasteiger charge is -2.31. The normalized spacial score (nSPS) is 17.4. The van der Waals surface area contributed by atoms with E-state index in [9.17, 15) is 9.18 Å². The minimum atomic E-state index is -0.161. The van der Waals surface area contributed by atoms with Gasteiger partial charge in [0.25, 0.3) is 0 Å². The Hall–Kier alpha value is -1.72. The molecule has 25 heavy (non-hydrogen) atoms. The van der Waals surface area contributed by atoms with Crippen molar-refractivity contribution in [2.45, 2.75) is 32.2 Å². The van der Waals surface area contributed by atoms with Crippen molar-refractivity contribution in [3.8, 4) is 0 Å². The van der Waals surface area contributed by atoms with Gasteiger partial charge in [0.15, 0.2) is 0 Å². The van der Waals surface area contributed by atoms with Crippen molar-refractivity contribution in [3.05, 3.63) is 58.0 Å². The monoisotopic (exact) mass is 360 g/mol. The van der Waals surface area contributed by atoms with Crippen LogP contribution in [0.5, 0.6) is 0 Å². The molecule has 134 valence electrons. The van der Waals surface area contributed by atoms with E-state index in [1.54, 1.807) is 23.5 Å². The first-order valence-electron chi connectivity index (χ1n) is 8.89. The minimum Gasteiger partial charge on any atom is -0.348 e. The van der Waals surface area contributed by atoms with Gasteiger partial charge in [-0.25, -0.2) is 4.39 Å². The Bertz CT molecular complexity index is 681. The van der Waals surface area contributed by atoms with Gasteiger partial charge in [0.05, 0.1) is 12.6 Å². The van der Waals surface area contributed by atoms with Crippen molar-refractivity contribution in [3.63, 3.8) is 0 Å². The Morgan fingerprint density at radius 3 is 2.80 bits per heavy atom. The average Bonchev–Trinajstić information content (AvgIpc) is 3.11. The topological polar surface area (TPSA) is 32.3 Å². The van der Waals surface area contributed by atoms with Crippen LogP contribution in [0.1, 0.15) is 36.2 Å². The van der Waals surface area contributed by atoms with Gasteiger partial charge in [0.1, 0.15) is 5.82 Å². The zero-order valence-corrected chi connectivity index (χ0v) is 15.4. The van der Waals surface area contributed by atoms with Crippen LogP contribution < -0.4 is 5.32 Å². The van der Waals surface area contributed by atoms with E-state index in [1.807, 2.05) is 30.5 Å². The number of amides is 1. The Kier molecular flexibility index (Phi) is 6.21. The summed E-state index contributed by atoms with van der Waals surface area (Å²) in [6.07, 6.45) is 3.04. The predicted octanol–water partition coefficient (Wildman–Crippen LogP) is 4.02. The summed E-state index contributed by atoms with van der Waals surface area (Å²) < 4.78 is 13.3. The molecule has 5 heteroatoms. The van der Waals surface area contributed by atoms with E-state index in [1.165, 1.54) is 10.9 Å². The SMILES string of the molecule is CC(NC(=O)CN1CCC(Cc2cccc(F)c2)CC1)c1cccs1. The summed E-state index contributed by atoms with van der Waals surface area (Å²) in [5.74, 6) is 0.502. The molecule has 1 atom stereocenters. The van der Waals surface area contributed by atoms with Gasteiger partial charge in [-0.05, 0) is 74.3 Å². The average molecular weight is 360 g/mol. The molecule has 1 aromatic heterocycles. The number of carbonyl (C=O) groups excluding carboxylic acids is 1. The van der Waals surface area contributed by atoms with E-state index in [0.29, 0.717) is 12.5 Å². The molecule has 0 aliphatic carbocycles. The minimum absolute atomic E-state index is 0.0676. The number of hydrogen-bond donors (Lipinski definition) is 1. The summed E-state index contributed by atoms with van der Waals surface area (Å²) >= 11 is 1.67. The standard InChI is InChI=1S/C20H25FN2OS/c1-15(19-6-3-11-25-19)22-20(24)14-23-9-7-16(8-10-23)12-17-4-2-5-18(21)13-17/h2-6,11,13,15-16H,7-10,12,14H2,1H3,(H,22,24). The van der Waals surface area contributed by atoms with Gasteiger partial charge in [-0.15, -0.1) is 11.3 Å². The second kappa shape index (κ2) is 8.59. The smallest absolute Gasteiger partial charge is 0.234 e. The third kappa shape index (κ3) is 5.38. The maximum atomic E-state index is 13.3. The van der Waals surface area contributed by atoms with E-state index >= 15 is 0 Å². The van der Waals surface area contributed by atoms with E-state index in [0.717, 1.165) is 37.9 Å². The van der Waals surface area contributed by atoms with E-state index < -0.39 is 0 Å². The molecule has 1 aliphatic rings. The van der Waals surface area contributed by atoms with Crippen molar-refractivity contribution in [2.24, 2.45) is 5.92 Å². The summed E-state index contributed by atoms with van der Waals surface area (Å²) in [5.41, 5.74) is 1.07. The number of nitrogens with zero attached hydrogens (tertiary/aromatic N) is 1. The summed E-state index contributed by atoms with van der Waals surface area (Å²) in [7, 11) is 0. The maximum Gasteiger partial charge on any atom is 0.234 e. The van der Waals surface area contributed by atoms with Crippen LogP contribution in [0.15, 0.2) is 41.8 Å². The summed E-state index contributed by atoms with van der Waals surface area (Å²) in [6, 6.07) is 11.0. The van der Waals surface area contributed by atoms with Crippen molar-refractivity contribution < 1.29 is 9.18 Å². The van der Waals surface area contributed by atoms with Gasteiger partial charge < -0.3 is 5.32 Å². The quantitative estimate of drug-likeness (QED) is 0.844. The molecule has 0 spiro atoms. The van der Waals surface area contributed by atoms with E-state index in [4.69, 9.17) is 0 Å². The first kappa shape index (κ1) is 18.1. The molecule has 1 aromatic carbocycles. The van der Waals surface area contributed by atoms with Crippen molar-refractivity contribution in [1.29, 1.82) is 0 Å². The van der Waals surface area contributed by atoms with Crippen LogP contribution in [0.2, 0.25) is 0 Å². The van der Waals surface area contributed by atoms with Crippen LogP contribution in [0.25, 0.3) is 0 Å². The predicted molar refractivity (Wildman–Crippen MR) is 100 cm³/mol. The lowest BCUT2D eigenvalue weighted by Crippen LogP contribution is -2.42. The van der Waals surface area contributed by atoms with Crippen molar-refractivity contribution in [2.75, 3.05) is 19.6 Å². The Morgan fingerprint density at radius 1 is 1.32 bits per heavy atom. The van der Waals surface area contributed by atoms with Crippen LogP contribution in [-0.2, 0) is 11.2 Å². The highest BCUT2D eigenvalue weighted by Gasteiger charge is 2.22. The number of halogens is 1. The molecule has 0 bridgehead atoms. The number of hydrogen-bond acceptors (Lipinski definition) is 3. The molecule has 1 N–H and O–H groups in total. The lowest BCUT2D eigenvalue weighted by molar-refractivity contribution is -0.123. The molecular weight excluding hydrogens is 335 g/mol. The zero-order valence-electron chi connectivity index (χ0n) is 14.6. The van der Waals surface area contributed by atoms with Gasteiger partial charge in [-0.3, -0.25) is 9.69 Å². The molecule has 1 amide bonds. The highest BCUT2D eigenvalue weighted by molar-refractivity contribution is 7.10. The number of piperidine rings is 1. The first-order chi connectivity index (χ1) is 12.1. The number of thiophene rings is 1. The van der Waals surface area contributed by atoms with Gasteiger partial charge in [0, 0.05) is 4.88 Å². The van der Waals surface area contributed by atoms with E-state index in [-0.39, 0.29) is 17.8 Å². The number of likely N-dealkylation sites (tertiary alicyclic amines) is 1. The summed E-state index contributed by atoms with van der Waals surface area (Å²) in [5, 5.41) is 5.10. The summed E-state index contributed by atoms with van der Waals surface area (Å²) in [6.45, 7) is 4.35. The molecule has 1 aliphatic heterocycles. The molecule has 0 saturated carbocycles. The van der Waals surface area contributed by atoms with Crippen LogP contribution in [0, 0.1) is 11.7 Å². The van der Waals surface area contributed by atoms with Crippen LogP contribution in [-0.4, -0.2) is 30.4 Å². The highest BCUT2D eigenvalue weighted by atomic mass is 32.1. The Labute approximate surface area is 152 Å². The summed E-state index contributed by atoms with van der Waals surface area (Å²) in [4.78, 5) is 15.6. The first-order valence-corrected chi connectivity index (χ1v) is 9.77. The fraction of sp³-hybridized carbons (Fsp3) is 0.450.